The molecule has 0 spiro atoms. The van der Waals surface area contributed by atoms with Gasteiger partial charge in [0.2, 0.25) is 5.91 Å². The van der Waals surface area contributed by atoms with Gasteiger partial charge in [-0.3, -0.25) is 4.79 Å². The molecule has 2 aromatic heterocycles. The van der Waals surface area contributed by atoms with Crippen molar-refractivity contribution in [3.05, 3.63) is 84.7 Å². The summed E-state index contributed by atoms with van der Waals surface area (Å²) in [6, 6.07) is 24.3. The molecule has 0 unspecified atom stereocenters. The van der Waals surface area contributed by atoms with Crippen molar-refractivity contribution >= 4 is 29.0 Å². The van der Waals surface area contributed by atoms with Crippen LogP contribution in [0, 0.1) is 0 Å². The number of fused-ring (bicyclic) bond motifs is 1. The Morgan fingerprint density at radius 1 is 1.00 bits per heavy atom. The summed E-state index contributed by atoms with van der Waals surface area (Å²) in [5.41, 5.74) is 5.08. The third-order valence-electron chi connectivity index (χ3n) is 4.23. The van der Waals surface area contributed by atoms with Crippen molar-refractivity contribution in [3.8, 4) is 11.3 Å². The number of nitrogens with zero attached hydrogens (tertiary/aromatic N) is 2. The molecule has 134 valence electrons. The molecule has 0 aliphatic heterocycles. The number of benzene rings is 2. The van der Waals surface area contributed by atoms with Crippen LogP contribution in [0.1, 0.15) is 12.6 Å². The van der Waals surface area contributed by atoms with E-state index in [2.05, 4.69) is 28.0 Å². The fraction of sp³-hybridized carbons (Fsp3) is 0.0909. The van der Waals surface area contributed by atoms with E-state index in [-0.39, 0.29) is 5.91 Å². The lowest BCUT2D eigenvalue weighted by Crippen LogP contribution is -2.05. The van der Waals surface area contributed by atoms with Gasteiger partial charge in [0.05, 0.1) is 11.4 Å². The van der Waals surface area contributed by atoms with E-state index in [0.29, 0.717) is 0 Å². The Morgan fingerprint density at radius 3 is 2.48 bits per heavy atom. The number of aromatic nitrogens is 2. The number of anilines is 1. The Bertz CT molecular complexity index is 1070. The fourth-order valence-corrected chi connectivity index (χ4v) is 3.91. The van der Waals surface area contributed by atoms with E-state index in [1.807, 2.05) is 60.7 Å². The molecule has 0 aliphatic rings. The van der Waals surface area contributed by atoms with Crippen LogP contribution >= 0.6 is 11.8 Å². The summed E-state index contributed by atoms with van der Waals surface area (Å²) in [7, 11) is 0. The molecule has 4 rings (SSSR count). The highest BCUT2D eigenvalue weighted by Gasteiger charge is 2.14. The minimum absolute atomic E-state index is 0.0614. The number of carbonyl (C=O) groups is 1. The fourth-order valence-electron chi connectivity index (χ4n) is 3.00. The average Bonchev–Trinajstić information content (AvgIpc) is 3.06. The number of thioether (sulfide) groups is 1. The van der Waals surface area contributed by atoms with E-state index in [4.69, 9.17) is 4.98 Å². The highest BCUT2D eigenvalue weighted by atomic mass is 32.2. The van der Waals surface area contributed by atoms with Gasteiger partial charge in [0.1, 0.15) is 5.65 Å². The molecule has 4 nitrogen and oxygen atoms in total. The van der Waals surface area contributed by atoms with Crippen LogP contribution in [0.5, 0.6) is 0 Å². The smallest absolute Gasteiger partial charge is 0.221 e. The Hall–Kier alpha value is -3.05. The molecular weight excluding hydrogens is 354 g/mol. The molecule has 1 amide bonds. The molecule has 0 radical (unpaired) electrons. The minimum atomic E-state index is -0.0614. The number of nitrogens with one attached hydrogen (secondary N) is 1. The van der Waals surface area contributed by atoms with E-state index in [9.17, 15) is 4.79 Å². The molecule has 2 heterocycles. The van der Waals surface area contributed by atoms with Gasteiger partial charge in [-0.05, 0) is 36.4 Å². The molecule has 0 aliphatic carbocycles. The summed E-state index contributed by atoms with van der Waals surface area (Å²) in [6.45, 7) is 1.51. The average molecular weight is 373 g/mol. The first-order valence-electron chi connectivity index (χ1n) is 8.72. The molecule has 0 saturated carbocycles. The Labute approximate surface area is 162 Å². The van der Waals surface area contributed by atoms with Gasteiger partial charge < -0.3 is 9.72 Å². The lowest BCUT2D eigenvalue weighted by atomic mass is 10.1. The molecule has 27 heavy (non-hydrogen) atoms. The van der Waals surface area contributed by atoms with Crippen LogP contribution in [0.3, 0.4) is 0 Å². The maximum absolute atomic E-state index is 11.1. The Kier molecular flexibility index (Phi) is 4.94. The molecule has 0 saturated heterocycles. The topological polar surface area (TPSA) is 46.4 Å². The highest BCUT2D eigenvalue weighted by Crippen LogP contribution is 2.31. The van der Waals surface area contributed by atoms with Gasteiger partial charge in [0.15, 0.2) is 0 Å². The van der Waals surface area contributed by atoms with Crippen molar-refractivity contribution in [1.29, 1.82) is 0 Å². The first-order valence-corrected chi connectivity index (χ1v) is 9.71. The van der Waals surface area contributed by atoms with E-state index in [1.54, 1.807) is 11.8 Å². The molecule has 2 aromatic carbocycles. The number of pyridine rings is 1. The zero-order valence-corrected chi connectivity index (χ0v) is 15.7. The van der Waals surface area contributed by atoms with Crippen molar-refractivity contribution in [2.24, 2.45) is 0 Å². The quantitative estimate of drug-likeness (QED) is 0.486. The minimum Gasteiger partial charge on any atom is -0.326 e. The number of hydrogen-bond acceptors (Lipinski definition) is 3. The zero-order chi connectivity index (χ0) is 18.6. The first-order chi connectivity index (χ1) is 13.2. The molecule has 0 fully saturated rings. The van der Waals surface area contributed by atoms with E-state index < -0.39 is 0 Å². The van der Waals surface area contributed by atoms with Crippen LogP contribution in [0.4, 0.5) is 5.69 Å². The summed E-state index contributed by atoms with van der Waals surface area (Å²) in [4.78, 5) is 17.1. The molecular formula is C22H19N3OS. The van der Waals surface area contributed by atoms with Crippen LogP contribution < -0.4 is 5.32 Å². The second-order valence-electron chi connectivity index (χ2n) is 6.20. The monoisotopic (exact) mass is 373 g/mol. The maximum Gasteiger partial charge on any atom is 0.221 e. The van der Waals surface area contributed by atoms with Crippen molar-refractivity contribution in [3.63, 3.8) is 0 Å². The normalized spacial score (nSPS) is 10.9. The SMILES string of the molecule is CC(=O)Nc1ccc(SCc2c(-c3ccccc3)nc3ccccn23)cc1. The van der Waals surface area contributed by atoms with Gasteiger partial charge in [-0.15, -0.1) is 11.8 Å². The van der Waals surface area contributed by atoms with Gasteiger partial charge in [0.25, 0.3) is 0 Å². The van der Waals surface area contributed by atoms with Crippen molar-refractivity contribution in [2.45, 2.75) is 17.6 Å². The molecule has 1 N–H and O–H groups in total. The standard InChI is InChI=1S/C22H19N3OS/c1-16(26)23-18-10-12-19(13-11-18)27-15-20-22(17-7-3-2-4-8-17)24-21-9-5-6-14-25(20)21/h2-14H,15H2,1H3,(H,23,26). The molecule has 0 atom stereocenters. The summed E-state index contributed by atoms with van der Waals surface area (Å²) in [5, 5.41) is 2.79. The lowest BCUT2D eigenvalue weighted by molar-refractivity contribution is -0.114. The van der Waals surface area contributed by atoms with E-state index in [1.165, 1.54) is 12.6 Å². The second kappa shape index (κ2) is 7.68. The number of hydrogen-bond donors (Lipinski definition) is 1. The first kappa shape index (κ1) is 17.4. The van der Waals surface area contributed by atoms with Crippen LogP contribution in [-0.4, -0.2) is 15.3 Å². The van der Waals surface area contributed by atoms with E-state index >= 15 is 0 Å². The predicted octanol–water partition coefficient (Wildman–Crippen LogP) is 5.25. The Balaban J connectivity index is 1.62. The van der Waals surface area contributed by atoms with Crippen LogP contribution in [-0.2, 0) is 10.5 Å². The number of rotatable bonds is 5. The number of amides is 1. The summed E-state index contributed by atoms with van der Waals surface area (Å²) >= 11 is 1.76. The summed E-state index contributed by atoms with van der Waals surface area (Å²) in [5.74, 6) is 0.739. The summed E-state index contributed by atoms with van der Waals surface area (Å²) in [6.07, 6.45) is 2.06. The van der Waals surface area contributed by atoms with Crippen molar-refractivity contribution in [2.75, 3.05) is 5.32 Å². The predicted molar refractivity (Wildman–Crippen MR) is 111 cm³/mol. The second-order valence-corrected chi connectivity index (χ2v) is 7.24. The zero-order valence-electron chi connectivity index (χ0n) is 14.9. The maximum atomic E-state index is 11.1. The lowest BCUT2D eigenvalue weighted by Gasteiger charge is -2.07. The van der Waals surface area contributed by atoms with Gasteiger partial charge in [-0.2, -0.15) is 0 Å². The van der Waals surface area contributed by atoms with E-state index in [0.717, 1.165) is 33.2 Å². The van der Waals surface area contributed by atoms with Gasteiger partial charge in [-0.1, -0.05) is 36.4 Å². The third-order valence-corrected chi connectivity index (χ3v) is 5.25. The van der Waals surface area contributed by atoms with Crippen LogP contribution in [0.25, 0.3) is 16.9 Å². The molecule has 5 heteroatoms. The van der Waals surface area contributed by atoms with Crippen molar-refractivity contribution in [1.82, 2.24) is 9.38 Å². The Morgan fingerprint density at radius 2 is 1.74 bits per heavy atom. The van der Waals surface area contributed by atoms with Crippen LogP contribution in [0.15, 0.2) is 83.9 Å². The van der Waals surface area contributed by atoms with Gasteiger partial charge >= 0.3 is 0 Å². The largest absolute Gasteiger partial charge is 0.326 e. The van der Waals surface area contributed by atoms with Crippen LogP contribution in [0.2, 0.25) is 0 Å². The number of carbonyl (C=O) groups excluding carboxylic acids is 1. The molecule has 4 aromatic rings. The highest BCUT2D eigenvalue weighted by molar-refractivity contribution is 7.98. The summed E-state index contributed by atoms with van der Waals surface area (Å²) < 4.78 is 2.15. The third kappa shape index (κ3) is 3.88. The van der Waals surface area contributed by atoms with Crippen molar-refractivity contribution < 1.29 is 4.79 Å². The van der Waals surface area contributed by atoms with Gasteiger partial charge in [-0.25, -0.2) is 4.98 Å². The van der Waals surface area contributed by atoms with Gasteiger partial charge in [0, 0.05) is 35.0 Å². The molecule has 0 bridgehead atoms. The number of imidazole rings is 1.